The van der Waals surface area contributed by atoms with Crippen LogP contribution in [0, 0.1) is 0 Å². The SMILES string of the molecule is CC(=O)SCC=Cc1csc(/C=C/C(=O)O)c1. The van der Waals surface area contributed by atoms with Crippen LogP contribution in [-0.2, 0) is 9.59 Å². The summed E-state index contributed by atoms with van der Waals surface area (Å²) in [6.07, 6.45) is 6.52. The number of rotatable bonds is 5. The van der Waals surface area contributed by atoms with Crippen LogP contribution in [0.4, 0.5) is 0 Å². The van der Waals surface area contributed by atoms with Gasteiger partial charge in [-0.15, -0.1) is 11.3 Å². The Morgan fingerprint density at radius 1 is 1.47 bits per heavy atom. The summed E-state index contributed by atoms with van der Waals surface area (Å²) in [6.45, 7) is 1.54. The molecule has 0 amide bonds. The summed E-state index contributed by atoms with van der Waals surface area (Å²) >= 11 is 2.74. The molecule has 90 valence electrons. The Balaban J connectivity index is 2.50. The number of thioether (sulfide) groups is 1. The van der Waals surface area contributed by atoms with E-state index in [4.69, 9.17) is 5.11 Å². The van der Waals surface area contributed by atoms with Crippen molar-refractivity contribution in [3.8, 4) is 0 Å². The fourth-order valence-corrected chi connectivity index (χ4v) is 2.24. The maximum atomic E-state index is 10.7. The van der Waals surface area contributed by atoms with Crippen LogP contribution >= 0.6 is 23.1 Å². The van der Waals surface area contributed by atoms with Crippen molar-refractivity contribution >= 4 is 46.3 Å². The summed E-state index contributed by atoms with van der Waals surface area (Å²) in [5, 5.41) is 10.5. The fraction of sp³-hybridized carbons (Fsp3) is 0.167. The smallest absolute Gasteiger partial charge is 0.328 e. The van der Waals surface area contributed by atoms with Crippen LogP contribution in [-0.4, -0.2) is 21.9 Å². The molecule has 0 bridgehead atoms. The highest BCUT2D eigenvalue weighted by Crippen LogP contribution is 2.17. The summed E-state index contributed by atoms with van der Waals surface area (Å²) in [4.78, 5) is 21.9. The van der Waals surface area contributed by atoms with Crippen LogP contribution in [0.15, 0.2) is 23.6 Å². The molecular formula is C12H12O3S2. The Labute approximate surface area is 108 Å². The Morgan fingerprint density at radius 2 is 2.24 bits per heavy atom. The quantitative estimate of drug-likeness (QED) is 0.833. The minimum absolute atomic E-state index is 0.102. The van der Waals surface area contributed by atoms with E-state index in [1.165, 1.54) is 30.0 Å². The molecule has 17 heavy (non-hydrogen) atoms. The zero-order valence-corrected chi connectivity index (χ0v) is 10.9. The molecule has 0 atom stereocenters. The molecule has 1 aromatic rings. The van der Waals surface area contributed by atoms with Crippen molar-refractivity contribution in [3.63, 3.8) is 0 Å². The molecule has 0 aliphatic carbocycles. The highest BCUT2D eigenvalue weighted by Gasteiger charge is 1.95. The van der Waals surface area contributed by atoms with Crippen LogP contribution in [0.5, 0.6) is 0 Å². The Hall–Kier alpha value is -1.33. The molecular weight excluding hydrogens is 256 g/mol. The molecule has 1 rings (SSSR count). The molecule has 0 spiro atoms. The first-order valence-corrected chi connectivity index (χ1v) is 6.74. The van der Waals surface area contributed by atoms with Gasteiger partial charge in [0.1, 0.15) is 0 Å². The van der Waals surface area contributed by atoms with E-state index in [1.54, 1.807) is 6.08 Å². The molecule has 1 heterocycles. The van der Waals surface area contributed by atoms with Gasteiger partial charge >= 0.3 is 5.97 Å². The highest BCUT2D eigenvalue weighted by molar-refractivity contribution is 8.13. The monoisotopic (exact) mass is 268 g/mol. The fourth-order valence-electron chi connectivity index (χ4n) is 1.05. The third-order valence-corrected chi connectivity index (χ3v) is 3.41. The first kappa shape index (κ1) is 13.7. The first-order chi connectivity index (χ1) is 8.08. The third-order valence-electron chi connectivity index (χ3n) is 1.72. The van der Waals surface area contributed by atoms with Gasteiger partial charge in [0.15, 0.2) is 5.12 Å². The molecule has 0 aliphatic rings. The molecule has 3 nitrogen and oxygen atoms in total. The van der Waals surface area contributed by atoms with Crippen LogP contribution < -0.4 is 0 Å². The second kappa shape index (κ2) is 7.09. The molecule has 0 aromatic carbocycles. The van der Waals surface area contributed by atoms with E-state index in [2.05, 4.69) is 0 Å². The molecule has 0 saturated carbocycles. The lowest BCUT2D eigenvalue weighted by Crippen LogP contribution is -1.84. The number of carboxylic acid groups (broad SMARTS) is 1. The Bertz CT molecular complexity index is 458. The van der Waals surface area contributed by atoms with Gasteiger partial charge in [-0.05, 0) is 23.1 Å². The van der Waals surface area contributed by atoms with Crippen LogP contribution in [0.25, 0.3) is 12.2 Å². The number of hydrogen-bond acceptors (Lipinski definition) is 4. The van der Waals surface area contributed by atoms with Gasteiger partial charge in [0.25, 0.3) is 0 Å². The average molecular weight is 268 g/mol. The molecule has 1 N–H and O–H groups in total. The molecule has 0 unspecified atom stereocenters. The Kier molecular flexibility index (Phi) is 5.72. The van der Waals surface area contributed by atoms with Crippen LogP contribution in [0.3, 0.4) is 0 Å². The van der Waals surface area contributed by atoms with Crippen molar-refractivity contribution in [3.05, 3.63) is 34.0 Å². The predicted octanol–water partition coefficient (Wildman–Crippen LogP) is 3.14. The summed E-state index contributed by atoms with van der Waals surface area (Å²) in [5.74, 6) is -0.292. The molecule has 0 aliphatic heterocycles. The molecule has 0 radical (unpaired) electrons. The minimum Gasteiger partial charge on any atom is -0.478 e. The molecule has 1 aromatic heterocycles. The first-order valence-electron chi connectivity index (χ1n) is 4.87. The van der Waals surface area contributed by atoms with E-state index in [9.17, 15) is 9.59 Å². The molecule has 5 heteroatoms. The number of aliphatic carboxylic acids is 1. The van der Waals surface area contributed by atoms with Gasteiger partial charge in [-0.25, -0.2) is 4.79 Å². The summed E-state index contributed by atoms with van der Waals surface area (Å²) in [7, 11) is 0. The normalized spacial score (nSPS) is 11.4. The number of hydrogen-bond donors (Lipinski definition) is 1. The van der Waals surface area contributed by atoms with E-state index < -0.39 is 5.97 Å². The lowest BCUT2D eigenvalue weighted by atomic mass is 10.3. The van der Waals surface area contributed by atoms with Gasteiger partial charge in [-0.2, -0.15) is 0 Å². The Morgan fingerprint density at radius 3 is 2.88 bits per heavy atom. The van der Waals surface area contributed by atoms with Crippen molar-refractivity contribution in [2.45, 2.75) is 6.92 Å². The number of carboxylic acids is 1. The summed E-state index contributed by atoms with van der Waals surface area (Å²) in [6, 6.07) is 1.90. The van der Waals surface area contributed by atoms with Gasteiger partial charge in [-0.3, -0.25) is 4.79 Å². The van der Waals surface area contributed by atoms with Crippen LogP contribution in [0.2, 0.25) is 0 Å². The van der Waals surface area contributed by atoms with E-state index in [1.807, 2.05) is 23.6 Å². The van der Waals surface area contributed by atoms with E-state index >= 15 is 0 Å². The van der Waals surface area contributed by atoms with Gasteiger partial charge in [-0.1, -0.05) is 23.9 Å². The second-order valence-corrected chi connectivity index (χ2v) is 5.30. The average Bonchev–Trinajstić information content (AvgIpc) is 2.69. The minimum atomic E-state index is -0.951. The number of carbonyl (C=O) groups is 2. The predicted molar refractivity (Wildman–Crippen MR) is 73.2 cm³/mol. The largest absolute Gasteiger partial charge is 0.478 e. The zero-order chi connectivity index (χ0) is 12.7. The van der Waals surface area contributed by atoms with Gasteiger partial charge in [0.05, 0.1) is 0 Å². The maximum Gasteiger partial charge on any atom is 0.328 e. The molecule has 0 saturated heterocycles. The van der Waals surface area contributed by atoms with Gasteiger partial charge in [0.2, 0.25) is 0 Å². The maximum absolute atomic E-state index is 10.7. The highest BCUT2D eigenvalue weighted by atomic mass is 32.2. The topological polar surface area (TPSA) is 54.4 Å². The van der Waals surface area contributed by atoms with Crippen molar-refractivity contribution in [1.29, 1.82) is 0 Å². The standard InChI is InChI=1S/C12H12O3S2/c1-9(13)16-6-2-3-10-7-11(17-8-10)4-5-12(14)15/h2-5,7-8H,6H2,1H3,(H,14,15)/b3-2?,5-4+. The van der Waals surface area contributed by atoms with Crippen LogP contribution in [0.1, 0.15) is 17.4 Å². The van der Waals surface area contributed by atoms with Gasteiger partial charge in [0, 0.05) is 23.6 Å². The van der Waals surface area contributed by atoms with E-state index in [0.29, 0.717) is 5.75 Å². The lowest BCUT2D eigenvalue weighted by Gasteiger charge is -1.87. The lowest BCUT2D eigenvalue weighted by molar-refractivity contribution is -0.131. The number of thiophene rings is 1. The van der Waals surface area contributed by atoms with Crippen molar-refractivity contribution in [2.24, 2.45) is 0 Å². The van der Waals surface area contributed by atoms with Crippen molar-refractivity contribution < 1.29 is 14.7 Å². The second-order valence-electron chi connectivity index (χ2n) is 3.16. The summed E-state index contributed by atoms with van der Waals surface area (Å²) < 4.78 is 0. The number of carbonyl (C=O) groups excluding carboxylic acids is 1. The van der Waals surface area contributed by atoms with Crippen molar-refractivity contribution in [2.75, 3.05) is 5.75 Å². The zero-order valence-electron chi connectivity index (χ0n) is 9.25. The van der Waals surface area contributed by atoms with E-state index in [0.717, 1.165) is 16.5 Å². The van der Waals surface area contributed by atoms with Gasteiger partial charge < -0.3 is 5.11 Å². The van der Waals surface area contributed by atoms with Crippen molar-refractivity contribution in [1.82, 2.24) is 0 Å². The van der Waals surface area contributed by atoms with E-state index in [-0.39, 0.29) is 5.12 Å². The summed E-state index contributed by atoms with van der Waals surface area (Å²) in [5.41, 5.74) is 1.02. The third kappa shape index (κ3) is 6.09. The molecule has 0 fully saturated rings.